The Morgan fingerprint density at radius 1 is 1.12 bits per heavy atom. The van der Waals surface area contributed by atoms with Gasteiger partial charge in [-0.25, -0.2) is 9.07 Å². The largest absolute Gasteiger partial charge is 0.328 e. The second kappa shape index (κ2) is 9.48. The maximum Gasteiger partial charge on any atom is 0.255 e. The number of nitrogens with one attached hydrogen (secondary N) is 2. The minimum absolute atomic E-state index is 0.244. The van der Waals surface area contributed by atoms with Crippen LogP contribution in [0.5, 0.6) is 0 Å². The van der Waals surface area contributed by atoms with Crippen molar-refractivity contribution in [3.63, 3.8) is 0 Å². The number of fused-ring (bicyclic) bond motifs is 1. The van der Waals surface area contributed by atoms with Gasteiger partial charge < -0.3 is 10.6 Å². The van der Waals surface area contributed by atoms with Crippen molar-refractivity contribution < 1.29 is 9.18 Å². The molecule has 1 atom stereocenters. The topological polar surface area (TPSA) is 84.7 Å². The molecule has 0 saturated carbocycles. The number of pyridine rings is 1. The van der Waals surface area contributed by atoms with E-state index in [-0.39, 0.29) is 11.7 Å². The van der Waals surface area contributed by atoms with Crippen LogP contribution in [0.25, 0.3) is 0 Å². The Balaban J connectivity index is 1.48. The van der Waals surface area contributed by atoms with Gasteiger partial charge in [-0.15, -0.1) is 5.10 Å². The van der Waals surface area contributed by atoms with Gasteiger partial charge in [0.1, 0.15) is 11.9 Å². The number of benzene rings is 2. The Bertz CT molecular complexity index is 1360. The third-order valence-electron chi connectivity index (χ3n) is 5.42. The van der Waals surface area contributed by atoms with Gasteiger partial charge in [0, 0.05) is 29.5 Å². The van der Waals surface area contributed by atoms with E-state index < -0.39 is 6.04 Å². The molecule has 0 radical (unpaired) electrons. The lowest BCUT2D eigenvalue weighted by Gasteiger charge is -2.28. The summed E-state index contributed by atoms with van der Waals surface area (Å²) in [5, 5.41) is 11.3. The van der Waals surface area contributed by atoms with Crippen molar-refractivity contribution in [1.82, 2.24) is 19.7 Å². The zero-order chi connectivity index (χ0) is 23.5. The molecule has 1 aliphatic rings. The first kappa shape index (κ1) is 21.8. The molecular weight excluding hydrogens is 451 g/mol. The van der Waals surface area contributed by atoms with Gasteiger partial charge in [0.05, 0.1) is 5.57 Å². The summed E-state index contributed by atoms with van der Waals surface area (Å²) in [4.78, 5) is 22.2. The maximum absolute atomic E-state index is 14.0. The molecule has 4 aromatic rings. The molecule has 0 spiro atoms. The van der Waals surface area contributed by atoms with Gasteiger partial charge in [-0.05, 0) is 42.3 Å². The number of allylic oxidation sites excluding steroid dienone is 1. The van der Waals surface area contributed by atoms with Crippen LogP contribution in [0, 0.1) is 5.82 Å². The van der Waals surface area contributed by atoms with Crippen LogP contribution < -0.4 is 10.6 Å². The number of aromatic nitrogens is 4. The minimum Gasteiger partial charge on any atom is -0.328 e. The van der Waals surface area contributed by atoms with E-state index in [9.17, 15) is 9.18 Å². The highest BCUT2D eigenvalue weighted by molar-refractivity contribution is 7.98. The van der Waals surface area contributed by atoms with Crippen molar-refractivity contribution in [2.75, 3.05) is 10.6 Å². The van der Waals surface area contributed by atoms with Gasteiger partial charge in [-0.1, -0.05) is 54.2 Å². The van der Waals surface area contributed by atoms with Crippen LogP contribution in [-0.2, 0) is 10.5 Å². The number of anilines is 2. The number of para-hydroxylation sites is 1. The molecule has 2 aromatic heterocycles. The van der Waals surface area contributed by atoms with E-state index >= 15 is 0 Å². The molecule has 0 aliphatic carbocycles. The lowest BCUT2D eigenvalue weighted by atomic mass is 9.96. The second-order valence-corrected chi connectivity index (χ2v) is 8.66. The van der Waals surface area contributed by atoms with Crippen molar-refractivity contribution in [2.45, 2.75) is 23.9 Å². The van der Waals surface area contributed by atoms with Crippen LogP contribution in [-0.4, -0.2) is 25.7 Å². The van der Waals surface area contributed by atoms with Crippen LogP contribution >= 0.6 is 11.8 Å². The van der Waals surface area contributed by atoms with Gasteiger partial charge >= 0.3 is 0 Å². The zero-order valence-electron chi connectivity index (χ0n) is 18.3. The summed E-state index contributed by atoms with van der Waals surface area (Å²) >= 11 is 1.33. The molecule has 2 N–H and O–H groups in total. The highest BCUT2D eigenvalue weighted by atomic mass is 32.2. The van der Waals surface area contributed by atoms with E-state index in [0.717, 1.165) is 5.56 Å². The Morgan fingerprint density at radius 2 is 1.91 bits per heavy atom. The standard InChI is InChI=1S/C25H21FN6OS/c1-16-21(23(33)29-19-10-3-2-4-11-19)22(17-9-7-13-27-14-17)32-24(28-16)30-25(31-32)34-15-18-8-5-6-12-20(18)26/h2-14,22H,15H2,1H3,(H,29,33)(H,28,30,31). The molecule has 1 unspecified atom stereocenters. The summed E-state index contributed by atoms with van der Waals surface area (Å²) in [5.41, 5.74) is 3.27. The van der Waals surface area contributed by atoms with Gasteiger partial charge in [-0.3, -0.25) is 9.78 Å². The normalized spacial score (nSPS) is 14.9. The van der Waals surface area contributed by atoms with E-state index in [2.05, 4.69) is 25.7 Å². The predicted molar refractivity (Wildman–Crippen MR) is 130 cm³/mol. The molecule has 0 fully saturated rings. The maximum atomic E-state index is 14.0. The number of hydrogen-bond donors (Lipinski definition) is 2. The van der Waals surface area contributed by atoms with Gasteiger partial charge in [0.15, 0.2) is 0 Å². The number of hydrogen-bond acceptors (Lipinski definition) is 6. The number of carbonyl (C=O) groups excluding carboxylic acids is 1. The average molecular weight is 473 g/mol. The fourth-order valence-corrected chi connectivity index (χ4v) is 4.63. The molecule has 1 amide bonds. The summed E-state index contributed by atoms with van der Waals surface area (Å²) < 4.78 is 15.7. The first-order chi connectivity index (χ1) is 16.6. The minimum atomic E-state index is -0.524. The van der Waals surface area contributed by atoms with E-state index in [1.807, 2.05) is 49.4 Å². The van der Waals surface area contributed by atoms with Crippen LogP contribution in [0.1, 0.15) is 24.1 Å². The molecule has 34 heavy (non-hydrogen) atoms. The quantitative estimate of drug-likeness (QED) is 0.383. The Labute approximate surface area is 200 Å². The Morgan fingerprint density at radius 3 is 2.68 bits per heavy atom. The van der Waals surface area contributed by atoms with Gasteiger partial charge in [-0.2, -0.15) is 4.98 Å². The molecule has 2 aromatic carbocycles. The molecule has 5 rings (SSSR count). The van der Waals surface area contributed by atoms with Crippen LogP contribution in [0.15, 0.2) is 95.6 Å². The number of nitrogens with zero attached hydrogens (tertiary/aromatic N) is 4. The molecule has 1 aliphatic heterocycles. The van der Waals surface area contributed by atoms with Crippen molar-refractivity contribution in [3.8, 4) is 0 Å². The SMILES string of the molecule is CC1=C(C(=O)Nc2ccccc2)C(c2cccnc2)n2nc(SCc3ccccc3F)nc2N1. The average Bonchev–Trinajstić information content (AvgIpc) is 3.26. The third kappa shape index (κ3) is 4.42. The molecule has 7 nitrogen and oxygen atoms in total. The zero-order valence-corrected chi connectivity index (χ0v) is 19.1. The molecule has 3 heterocycles. The number of amides is 1. The first-order valence-electron chi connectivity index (χ1n) is 10.7. The molecule has 170 valence electrons. The molecule has 0 saturated heterocycles. The smallest absolute Gasteiger partial charge is 0.255 e. The van der Waals surface area contributed by atoms with Crippen LogP contribution in [0.4, 0.5) is 16.0 Å². The number of halogens is 1. The summed E-state index contributed by atoms with van der Waals surface area (Å²) in [6.07, 6.45) is 3.40. The number of thioether (sulfide) groups is 1. The number of carbonyl (C=O) groups is 1. The highest BCUT2D eigenvalue weighted by Gasteiger charge is 2.34. The van der Waals surface area contributed by atoms with E-state index in [4.69, 9.17) is 0 Å². The second-order valence-electron chi connectivity index (χ2n) is 7.72. The fourth-order valence-electron chi connectivity index (χ4n) is 3.81. The van der Waals surface area contributed by atoms with Gasteiger partial charge in [0.25, 0.3) is 5.91 Å². The van der Waals surface area contributed by atoms with E-state index in [1.54, 1.807) is 35.3 Å². The van der Waals surface area contributed by atoms with Crippen LogP contribution in [0.2, 0.25) is 0 Å². The lowest BCUT2D eigenvalue weighted by Crippen LogP contribution is -2.31. The summed E-state index contributed by atoms with van der Waals surface area (Å²) in [6.45, 7) is 1.84. The molecular formula is C25H21FN6OS. The number of rotatable bonds is 6. The summed E-state index contributed by atoms with van der Waals surface area (Å²) in [6, 6.07) is 19.1. The van der Waals surface area contributed by atoms with Crippen molar-refractivity contribution in [1.29, 1.82) is 0 Å². The van der Waals surface area contributed by atoms with E-state index in [0.29, 0.717) is 39.4 Å². The molecule has 9 heteroatoms. The summed E-state index contributed by atoms with van der Waals surface area (Å²) in [7, 11) is 0. The third-order valence-corrected chi connectivity index (χ3v) is 6.31. The van der Waals surface area contributed by atoms with Crippen molar-refractivity contribution in [3.05, 3.63) is 107 Å². The fraction of sp³-hybridized carbons (Fsp3) is 0.120. The Hall–Kier alpha value is -3.98. The first-order valence-corrected chi connectivity index (χ1v) is 11.7. The monoisotopic (exact) mass is 472 g/mol. The van der Waals surface area contributed by atoms with Crippen LogP contribution in [0.3, 0.4) is 0 Å². The van der Waals surface area contributed by atoms with Crippen molar-refractivity contribution >= 4 is 29.3 Å². The van der Waals surface area contributed by atoms with Crippen molar-refractivity contribution in [2.24, 2.45) is 0 Å². The summed E-state index contributed by atoms with van der Waals surface area (Å²) in [5.74, 6) is 0.398. The predicted octanol–water partition coefficient (Wildman–Crippen LogP) is 5.03. The van der Waals surface area contributed by atoms with E-state index in [1.165, 1.54) is 17.8 Å². The van der Waals surface area contributed by atoms with Gasteiger partial charge in [0.2, 0.25) is 11.1 Å². The molecule has 0 bridgehead atoms. The lowest BCUT2D eigenvalue weighted by molar-refractivity contribution is -0.113. The highest BCUT2D eigenvalue weighted by Crippen LogP contribution is 2.36. The Kier molecular flexibility index (Phi) is 6.09.